The first-order valence-electron chi connectivity index (χ1n) is 6.44. The lowest BCUT2D eigenvalue weighted by Crippen LogP contribution is -2.20. The minimum atomic E-state index is 0.0926. The van der Waals surface area contributed by atoms with Gasteiger partial charge in [-0.25, -0.2) is 0 Å². The number of halogens is 1. The van der Waals surface area contributed by atoms with Crippen LogP contribution in [0.25, 0.3) is 0 Å². The highest BCUT2D eigenvalue weighted by Crippen LogP contribution is 2.36. The standard InChI is InChI=1S/C15H24ClNO/c1-6-15(3,4)12-8-11(7-10(2)17)14(18-5)13(16)9-12/h8-10H,6-7,17H2,1-5H3. The lowest BCUT2D eigenvalue weighted by atomic mass is 9.81. The molecule has 1 rings (SSSR count). The summed E-state index contributed by atoms with van der Waals surface area (Å²) in [6.45, 7) is 8.62. The summed E-state index contributed by atoms with van der Waals surface area (Å²) >= 11 is 6.32. The van der Waals surface area contributed by atoms with E-state index in [9.17, 15) is 0 Å². The summed E-state index contributed by atoms with van der Waals surface area (Å²) in [7, 11) is 1.65. The molecular formula is C15H24ClNO. The Labute approximate surface area is 115 Å². The van der Waals surface area contributed by atoms with E-state index in [0.29, 0.717) is 5.02 Å². The Hall–Kier alpha value is -0.730. The van der Waals surface area contributed by atoms with E-state index in [2.05, 4.69) is 26.8 Å². The van der Waals surface area contributed by atoms with Gasteiger partial charge in [-0.3, -0.25) is 0 Å². The molecule has 0 fully saturated rings. The summed E-state index contributed by atoms with van der Waals surface area (Å²) < 4.78 is 5.39. The van der Waals surface area contributed by atoms with Gasteiger partial charge in [0.05, 0.1) is 12.1 Å². The molecule has 2 N–H and O–H groups in total. The van der Waals surface area contributed by atoms with Gasteiger partial charge in [0.1, 0.15) is 5.75 Å². The number of rotatable bonds is 5. The van der Waals surface area contributed by atoms with Crippen molar-refractivity contribution in [1.82, 2.24) is 0 Å². The quantitative estimate of drug-likeness (QED) is 0.879. The normalized spacial score (nSPS) is 13.5. The number of nitrogens with two attached hydrogens (primary N) is 1. The van der Waals surface area contributed by atoms with Gasteiger partial charge in [0.15, 0.2) is 0 Å². The maximum atomic E-state index is 6.32. The molecule has 3 heteroatoms. The number of hydrogen-bond acceptors (Lipinski definition) is 2. The minimum Gasteiger partial charge on any atom is -0.495 e. The lowest BCUT2D eigenvalue weighted by molar-refractivity contribution is 0.407. The molecule has 2 nitrogen and oxygen atoms in total. The lowest BCUT2D eigenvalue weighted by Gasteiger charge is -2.25. The van der Waals surface area contributed by atoms with Crippen LogP contribution in [0.3, 0.4) is 0 Å². The van der Waals surface area contributed by atoms with Gasteiger partial charge in [0.25, 0.3) is 0 Å². The molecule has 18 heavy (non-hydrogen) atoms. The molecule has 0 saturated carbocycles. The van der Waals surface area contributed by atoms with E-state index in [1.165, 1.54) is 5.56 Å². The molecule has 1 atom stereocenters. The Morgan fingerprint density at radius 1 is 1.39 bits per heavy atom. The van der Waals surface area contributed by atoms with Crippen LogP contribution in [0.4, 0.5) is 0 Å². The highest BCUT2D eigenvalue weighted by Gasteiger charge is 2.21. The summed E-state index contributed by atoms with van der Waals surface area (Å²) in [5, 5.41) is 0.673. The minimum absolute atomic E-state index is 0.0926. The second-order valence-electron chi connectivity index (χ2n) is 5.57. The molecule has 0 bridgehead atoms. The van der Waals surface area contributed by atoms with Gasteiger partial charge in [0.2, 0.25) is 0 Å². The maximum Gasteiger partial charge on any atom is 0.140 e. The maximum absolute atomic E-state index is 6.32. The Kier molecular flexibility index (Phi) is 5.06. The molecule has 1 aromatic rings. The van der Waals surface area contributed by atoms with Crippen molar-refractivity contribution in [1.29, 1.82) is 0 Å². The van der Waals surface area contributed by atoms with Crippen LogP contribution >= 0.6 is 11.6 Å². The Balaban J connectivity index is 3.30. The second kappa shape index (κ2) is 5.94. The van der Waals surface area contributed by atoms with Gasteiger partial charge in [0, 0.05) is 6.04 Å². The fraction of sp³-hybridized carbons (Fsp3) is 0.600. The molecule has 0 heterocycles. The average Bonchev–Trinajstić information content (AvgIpc) is 2.27. The summed E-state index contributed by atoms with van der Waals surface area (Å²) in [6, 6.07) is 4.28. The van der Waals surface area contributed by atoms with Crippen molar-refractivity contribution in [2.45, 2.75) is 52.0 Å². The molecule has 0 spiro atoms. The molecule has 0 aromatic heterocycles. The first kappa shape index (κ1) is 15.3. The Morgan fingerprint density at radius 3 is 2.44 bits per heavy atom. The second-order valence-corrected chi connectivity index (χ2v) is 5.98. The summed E-state index contributed by atoms with van der Waals surface area (Å²) in [6.07, 6.45) is 1.84. The molecule has 0 radical (unpaired) electrons. The number of hydrogen-bond donors (Lipinski definition) is 1. The van der Waals surface area contributed by atoms with Gasteiger partial charge >= 0.3 is 0 Å². The Bertz CT molecular complexity index is 413. The summed E-state index contributed by atoms with van der Waals surface area (Å²) in [4.78, 5) is 0. The molecule has 102 valence electrons. The predicted octanol–water partition coefficient (Wildman–Crippen LogP) is 3.93. The molecule has 0 aliphatic rings. The van der Waals surface area contributed by atoms with E-state index in [0.717, 1.165) is 24.2 Å². The zero-order valence-electron chi connectivity index (χ0n) is 12.0. The van der Waals surface area contributed by atoms with Crippen molar-refractivity contribution in [2.75, 3.05) is 7.11 Å². The average molecular weight is 270 g/mol. The van der Waals surface area contributed by atoms with Gasteiger partial charge in [-0.2, -0.15) is 0 Å². The first-order chi connectivity index (χ1) is 8.31. The van der Waals surface area contributed by atoms with Gasteiger partial charge in [-0.1, -0.05) is 38.4 Å². The molecule has 0 aliphatic carbocycles. The van der Waals surface area contributed by atoms with Crippen molar-refractivity contribution in [3.63, 3.8) is 0 Å². The highest BCUT2D eigenvalue weighted by atomic mass is 35.5. The molecule has 1 aromatic carbocycles. The SMILES string of the molecule is CCC(C)(C)c1cc(Cl)c(OC)c(CC(C)N)c1. The van der Waals surface area contributed by atoms with Gasteiger partial charge in [-0.15, -0.1) is 0 Å². The third kappa shape index (κ3) is 3.39. The first-order valence-corrected chi connectivity index (χ1v) is 6.82. The number of methoxy groups -OCH3 is 1. The van der Waals surface area contributed by atoms with Crippen molar-refractivity contribution in [2.24, 2.45) is 5.73 Å². The van der Waals surface area contributed by atoms with E-state index < -0.39 is 0 Å². The summed E-state index contributed by atoms with van der Waals surface area (Å²) in [5.41, 5.74) is 8.34. The van der Waals surface area contributed by atoms with E-state index in [-0.39, 0.29) is 11.5 Å². The third-order valence-corrected chi connectivity index (χ3v) is 3.81. The predicted molar refractivity (Wildman–Crippen MR) is 78.7 cm³/mol. The van der Waals surface area contributed by atoms with E-state index >= 15 is 0 Å². The number of benzene rings is 1. The van der Waals surface area contributed by atoms with Crippen LogP contribution in [0.15, 0.2) is 12.1 Å². The van der Waals surface area contributed by atoms with Crippen LogP contribution in [-0.2, 0) is 11.8 Å². The zero-order valence-corrected chi connectivity index (χ0v) is 12.8. The Morgan fingerprint density at radius 2 is 2.00 bits per heavy atom. The van der Waals surface area contributed by atoms with Gasteiger partial charge < -0.3 is 10.5 Å². The van der Waals surface area contributed by atoms with E-state index in [1.807, 2.05) is 13.0 Å². The van der Waals surface area contributed by atoms with Crippen LogP contribution in [-0.4, -0.2) is 13.2 Å². The highest BCUT2D eigenvalue weighted by molar-refractivity contribution is 6.32. The van der Waals surface area contributed by atoms with E-state index in [4.69, 9.17) is 22.1 Å². The van der Waals surface area contributed by atoms with Crippen molar-refractivity contribution in [3.05, 3.63) is 28.3 Å². The van der Waals surface area contributed by atoms with Gasteiger partial charge in [-0.05, 0) is 42.4 Å². The van der Waals surface area contributed by atoms with Crippen molar-refractivity contribution >= 4 is 11.6 Å². The number of ether oxygens (including phenoxy) is 1. The summed E-state index contributed by atoms with van der Waals surface area (Å²) in [5.74, 6) is 0.754. The molecule has 1 unspecified atom stereocenters. The topological polar surface area (TPSA) is 35.2 Å². The molecule has 0 saturated heterocycles. The largest absolute Gasteiger partial charge is 0.495 e. The smallest absolute Gasteiger partial charge is 0.140 e. The fourth-order valence-corrected chi connectivity index (χ4v) is 2.29. The van der Waals surface area contributed by atoms with Crippen LogP contribution in [0.1, 0.15) is 45.2 Å². The van der Waals surface area contributed by atoms with Crippen molar-refractivity contribution in [3.8, 4) is 5.75 Å². The van der Waals surface area contributed by atoms with Crippen LogP contribution in [0, 0.1) is 0 Å². The third-order valence-electron chi connectivity index (χ3n) is 3.53. The molecule has 0 amide bonds. The van der Waals surface area contributed by atoms with Crippen molar-refractivity contribution < 1.29 is 4.74 Å². The van der Waals surface area contributed by atoms with Crippen LogP contribution in [0.5, 0.6) is 5.75 Å². The van der Waals surface area contributed by atoms with Crippen LogP contribution < -0.4 is 10.5 Å². The monoisotopic (exact) mass is 269 g/mol. The van der Waals surface area contributed by atoms with Crippen LogP contribution in [0.2, 0.25) is 5.02 Å². The fourth-order valence-electron chi connectivity index (χ4n) is 1.97. The zero-order chi connectivity index (χ0) is 13.9. The van der Waals surface area contributed by atoms with E-state index in [1.54, 1.807) is 7.11 Å². The molecule has 0 aliphatic heterocycles. The molecular weight excluding hydrogens is 246 g/mol.